The van der Waals surface area contributed by atoms with Crippen LogP contribution in [-0.4, -0.2) is 185 Å². The molecule has 4 atom stereocenters. The summed E-state index contributed by atoms with van der Waals surface area (Å²) >= 11 is 31.5. The lowest BCUT2D eigenvalue weighted by Crippen LogP contribution is -2.23. The van der Waals surface area contributed by atoms with Crippen LogP contribution in [0.5, 0.6) is 5.75 Å². The molecular weight excluding hydrogens is 2000 g/mol. The summed E-state index contributed by atoms with van der Waals surface area (Å²) in [7, 11) is 0. The number of rotatable bonds is 17. The first-order valence-corrected chi connectivity index (χ1v) is 48.2. The Bertz CT molecular complexity index is 7940. The maximum atomic E-state index is 12.9. The van der Waals surface area contributed by atoms with Crippen molar-refractivity contribution in [2.75, 3.05) is 55.8 Å². The number of esters is 3. The molecule has 712 valence electrons. The number of aldehydes is 1. The van der Waals surface area contributed by atoms with Crippen LogP contribution in [0, 0.1) is 23.7 Å². The highest BCUT2D eigenvalue weighted by Gasteiger charge is 2.32. The molecule has 18 aromatic rings. The van der Waals surface area contributed by atoms with E-state index in [4.69, 9.17) is 75.7 Å². The predicted molar refractivity (Wildman–Crippen MR) is 535 cm³/mol. The molecule has 0 unspecified atom stereocenters. The number of fused-ring (bicyclic) bond motifs is 6. The second-order valence-corrected chi connectivity index (χ2v) is 37.0. The van der Waals surface area contributed by atoms with Crippen molar-refractivity contribution in [2.24, 2.45) is 23.7 Å². The molecule has 2 aliphatic heterocycles. The number of halogens is 4. The number of nitrogens with zero attached hydrogens (tertiary/aromatic N) is 20. The molecule has 0 amide bonds. The van der Waals surface area contributed by atoms with Crippen LogP contribution in [0.2, 0.25) is 20.6 Å². The first-order valence-electron chi connectivity index (χ1n) is 41.4. The molecule has 0 saturated carbocycles. The summed E-state index contributed by atoms with van der Waals surface area (Å²) in [4.78, 5) is 200. The Hall–Kier alpha value is -14.5. The van der Waals surface area contributed by atoms with E-state index < -0.39 is 62.9 Å². The summed E-state index contributed by atoms with van der Waals surface area (Å²) in [5.74, 6) is -0.988. The van der Waals surface area contributed by atoms with E-state index in [1.165, 1.54) is 146 Å². The quantitative estimate of drug-likeness (QED) is 0.0330. The van der Waals surface area contributed by atoms with Crippen LogP contribution in [0.4, 0.5) is 11.6 Å². The van der Waals surface area contributed by atoms with Crippen LogP contribution in [0.3, 0.4) is 0 Å². The lowest BCUT2D eigenvalue weighted by molar-refractivity contribution is 0.0514. The van der Waals surface area contributed by atoms with Gasteiger partial charge in [0.25, 0.3) is 5.56 Å². The van der Waals surface area contributed by atoms with E-state index in [1.807, 2.05) is 11.4 Å². The average molecular weight is 2070 g/mol. The normalized spacial score (nSPS) is 14.2. The van der Waals surface area contributed by atoms with Gasteiger partial charge in [0, 0.05) is 127 Å². The largest absolute Gasteiger partial charge is 0.506 e. The highest BCUT2D eigenvalue weighted by molar-refractivity contribution is 7.13. The average Bonchev–Trinajstić information content (AvgIpc) is 1.76. The van der Waals surface area contributed by atoms with Crippen LogP contribution >= 0.6 is 114 Å². The number of pyridine rings is 12. The number of carboxylic acids is 2. The van der Waals surface area contributed by atoms with Gasteiger partial charge in [-0.2, -0.15) is 0 Å². The SMILES string of the molecule is C.CCOC(=O)c1cn(-c2nccs2)c2nc(Cl)ccc2c1=O.CCOC(=O)c1cn(-c2nccs2)c2nc(Cl)ccc2c1=O.CCOC(=O)c1cn(-c2nccs2)c2nc(N3C[C@H](C)[C@@H](C)C3)ccc2c1=O.C[C@H]1CN(c2ccc3c(=O)c(C(=O)O)cn(-c4nccs4)c3n2)C[C@@H]1C.O=C(O)c1cn(-c2nccs2)c2nc(Cl)ccc2c1=O.O=Cc1c(O)c2ccc(Cl)nc2n(-c2nccs2)c1=O. The minimum absolute atomic E-state index is 0. The van der Waals surface area contributed by atoms with Gasteiger partial charge < -0.3 is 39.3 Å². The van der Waals surface area contributed by atoms with E-state index in [0.717, 1.165) is 42.4 Å². The van der Waals surface area contributed by atoms with Crippen LogP contribution in [0.15, 0.2) is 202 Å². The van der Waals surface area contributed by atoms with Crippen LogP contribution in [-0.2, 0) is 14.2 Å². The van der Waals surface area contributed by atoms with Gasteiger partial charge in [-0.25, -0.2) is 88.3 Å². The molecule has 0 aromatic carbocycles. The van der Waals surface area contributed by atoms with E-state index in [-0.39, 0.29) is 125 Å². The van der Waals surface area contributed by atoms with Crippen molar-refractivity contribution < 1.29 is 58.3 Å². The van der Waals surface area contributed by atoms with Crippen LogP contribution in [0.25, 0.3) is 97.0 Å². The number of aromatic hydroxyl groups is 1. The molecule has 139 heavy (non-hydrogen) atoms. The van der Waals surface area contributed by atoms with E-state index in [0.29, 0.717) is 88.7 Å². The molecule has 38 nitrogen and oxygen atoms in total. The van der Waals surface area contributed by atoms with Gasteiger partial charge in [0.05, 0.1) is 52.1 Å². The molecule has 20 rings (SSSR count). The number of carboxylic acid groups (broad SMARTS) is 2. The number of carbonyl (C=O) groups is 6. The number of aromatic nitrogens is 18. The van der Waals surface area contributed by atoms with Gasteiger partial charge in [-0.05, 0) is 117 Å². The molecule has 0 bridgehead atoms. The van der Waals surface area contributed by atoms with Crippen LogP contribution in [0.1, 0.15) is 118 Å². The number of hydrogen-bond donors (Lipinski definition) is 3. The number of carbonyl (C=O) groups excluding carboxylic acids is 4. The lowest BCUT2D eigenvalue weighted by Gasteiger charge is -2.18. The first-order chi connectivity index (χ1) is 66.4. The second-order valence-electron chi connectivity index (χ2n) is 30.2. The fraction of sp³-hybridized carbons (Fsp3) is 0.209. The molecule has 20 heterocycles. The molecule has 2 aliphatic rings. The fourth-order valence-corrected chi connectivity index (χ4v) is 18.8. The molecule has 0 aliphatic carbocycles. The molecule has 2 fully saturated rings. The Balaban J connectivity index is 0.000000133. The van der Waals surface area contributed by atoms with Crippen molar-refractivity contribution in [1.29, 1.82) is 0 Å². The maximum Gasteiger partial charge on any atom is 0.343 e. The Labute approximate surface area is 828 Å². The predicted octanol–water partition coefficient (Wildman–Crippen LogP) is 15.9. The van der Waals surface area contributed by atoms with E-state index in [1.54, 1.807) is 127 Å². The molecule has 18 aromatic heterocycles. The number of hydrogen-bond acceptors (Lipinski definition) is 36. The summed E-state index contributed by atoms with van der Waals surface area (Å²) in [5, 5.41) is 44.9. The molecule has 48 heteroatoms. The van der Waals surface area contributed by atoms with Crippen LogP contribution < -0.4 is 42.5 Å². The van der Waals surface area contributed by atoms with Gasteiger partial charge in [-0.15, -0.1) is 68.0 Å². The van der Waals surface area contributed by atoms with Crippen molar-refractivity contribution in [3.8, 4) is 36.5 Å². The smallest absolute Gasteiger partial charge is 0.343 e. The summed E-state index contributed by atoms with van der Waals surface area (Å²) in [6.07, 6.45) is 16.8. The van der Waals surface area contributed by atoms with E-state index >= 15 is 0 Å². The summed E-state index contributed by atoms with van der Waals surface area (Å²) in [5.41, 5.74) is -2.09. The highest BCUT2D eigenvalue weighted by atomic mass is 35.5. The van der Waals surface area contributed by atoms with Crippen molar-refractivity contribution in [1.82, 2.24) is 87.2 Å². The Morgan fingerprint density at radius 3 is 0.871 bits per heavy atom. The topological polar surface area (TPSA) is 484 Å². The van der Waals surface area contributed by atoms with Crippen molar-refractivity contribution in [3.05, 3.63) is 289 Å². The highest BCUT2D eigenvalue weighted by Crippen LogP contribution is 2.34. The Morgan fingerprint density at radius 2 is 0.612 bits per heavy atom. The zero-order chi connectivity index (χ0) is 98.2. The zero-order valence-corrected chi connectivity index (χ0v) is 80.9. The lowest BCUT2D eigenvalue weighted by atomic mass is 10.0. The van der Waals surface area contributed by atoms with Gasteiger partial charge in [0.2, 0.25) is 27.1 Å². The maximum absolute atomic E-state index is 12.9. The molecule has 3 N–H and O–H groups in total. The summed E-state index contributed by atoms with van der Waals surface area (Å²) in [6, 6.07) is 19.0. The third-order valence-electron chi connectivity index (χ3n) is 21.5. The summed E-state index contributed by atoms with van der Waals surface area (Å²) in [6.45, 7) is 18.3. The molecule has 0 spiro atoms. The Kier molecular flexibility index (Phi) is 31.7. The number of anilines is 2. The van der Waals surface area contributed by atoms with Gasteiger partial charge in [0.15, 0.2) is 71.0 Å². The minimum Gasteiger partial charge on any atom is -0.506 e. The van der Waals surface area contributed by atoms with Crippen molar-refractivity contribution >= 4 is 228 Å². The molecular formula is C91H76Cl4N20O18S6. The monoisotopic (exact) mass is 2070 g/mol. The zero-order valence-electron chi connectivity index (χ0n) is 73.0. The third kappa shape index (κ3) is 21.3. The standard InChI is InChI=1S/C20H22N4O3S.C18H18N4O3S.2C14H10ClN3O3S.2C12H6ClN3O3S.CH4/c1-4-27-19(26)15-11-24(20-21-7-8-28-20)18-14(17(15)25)5-6-16(22-18)23-9-12(2)13(3)10-23;1-10-7-21(8-11(10)2)14-4-3-12-15(23)13(17(24)25)9-22(16(12)20-14)18-19-5-6-26-18;2*1-2-21-13(20)9-7-18(14-16-5-6-22-14)12-8(11(9)19)3-4-10(15)17-12;13-8-2-1-6-9(18)7(5-17)11(19)16(10(6)15-8)12-14-3-4-20-12;13-8-2-1-6-9(17)7(11(18)19)5-16(10(6)15-8)12-14-3-4-20-12;/h5-8,11-13H,4,9-10H2,1-3H3;3-6,9-11H,7-8H2,1-2H3,(H,24,25);2*3-7H,2H2,1H3;1-5,18H;1-5H,(H,18,19);1H4/t12-,13-;10-,11-;;;;;/m00...../s1. The van der Waals surface area contributed by atoms with Crippen molar-refractivity contribution in [2.45, 2.75) is 55.9 Å². The van der Waals surface area contributed by atoms with Gasteiger partial charge >= 0.3 is 29.8 Å². The van der Waals surface area contributed by atoms with E-state index in [9.17, 15) is 67.7 Å². The Morgan fingerprint density at radius 1 is 0.367 bits per heavy atom. The van der Waals surface area contributed by atoms with Gasteiger partial charge in [-0.3, -0.25) is 56.4 Å². The third-order valence-corrected chi connectivity index (χ3v) is 27.0. The van der Waals surface area contributed by atoms with Gasteiger partial charge in [-0.1, -0.05) is 81.5 Å². The number of aromatic carboxylic acids is 2. The number of ether oxygens (including phenoxy) is 3. The number of thiazole rings is 6. The fourth-order valence-electron chi connectivity index (χ4n) is 14.5. The minimum atomic E-state index is -1.29. The van der Waals surface area contributed by atoms with Crippen molar-refractivity contribution in [3.63, 3.8) is 0 Å². The van der Waals surface area contributed by atoms with Gasteiger partial charge in [0.1, 0.15) is 71.4 Å². The first kappa shape index (κ1) is 100. The second kappa shape index (κ2) is 43.9. The summed E-state index contributed by atoms with van der Waals surface area (Å²) < 4.78 is 24.0. The molecule has 2 saturated heterocycles. The van der Waals surface area contributed by atoms with E-state index in [2.05, 4.69) is 87.3 Å². The molecule has 0 radical (unpaired) electrons.